The van der Waals surface area contributed by atoms with Crippen LogP contribution in [0.3, 0.4) is 0 Å². The van der Waals surface area contributed by atoms with E-state index in [2.05, 4.69) is 9.84 Å². The lowest BCUT2D eigenvalue weighted by Crippen LogP contribution is -2.40. The maximum absolute atomic E-state index is 13.0. The predicted molar refractivity (Wildman–Crippen MR) is 92.8 cm³/mol. The summed E-state index contributed by atoms with van der Waals surface area (Å²) in [6.07, 6.45) is -6.94. The van der Waals surface area contributed by atoms with Crippen molar-refractivity contribution < 1.29 is 32.2 Å². The molecule has 1 aliphatic heterocycles. The van der Waals surface area contributed by atoms with Crippen molar-refractivity contribution in [2.24, 2.45) is 11.8 Å². The summed E-state index contributed by atoms with van der Waals surface area (Å²) >= 11 is 0. The molecule has 29 heavy (non-hydrogen) atoms. The Morgan fingerprint density at radius 2 is 1.86 bits per heavy atom. The van der Waals surface area contributed by atoms with Crippen molar-refractivity contribution >= 4 is 6.09 Å². The van der Waals surface area contributed by atoms with Gasteiger partial charge in [0.05, 0.1) is 11.4 Å². The van der Waals surface area contributed by atoms with E-state index in [1.54, 1.807) is 23.0 Å². The van der Waals surface area contributed by atoms with Crippen molar-refractivity contribution in [3.8, 4) is 5.69 Å². The Labute approximate surface area is 163 Å². The second-order valence-corrected chi connectivity index (χ2v) is 7.35. The normalized spacial score (nSPS) is 24.3. The molecule has 2 heterocycles. The van der Waals surface area contributed by atoms with E-state index in [1.807, 2.05) is 6.07 Å². The second-order valence-electron chi connectivity index (χ2n) is 7.35. The van der Waals surface area contributed by atoms with Crippen LogP contribution in [-0.2, 0) is 4.74 Å². The van der Waals surface area contributed by atoms with Crippen LogP contribution >= 0.6 is 0 Å². The molecule has 0 radical (unpaired) electrons. The minimum absolute atomic E-state index is 0.126. The minimum atomic E-state index is -4.71. The van der Waals surface area contributed by atoms with Crippen LogP contribution in [0, 0.1) is 17.7 Å². The third kappa shape index (κ3) is 3.93. The fourth-order valence-corrected chi connectivity index (χ4v) is 3.97. The van der Waals surface area contributed by atoms with Gasteiger partial charge in [-0.1, -0.05) is 0 Å². The number of alkyl halides is 3. The van der Waals surface area contributed by atoms with Gasteiger partial charge in [0.2, 0.25) is 6.10 Å². The molecule has 2 aliphatic rings. The SMILES string of the molecule is O=C(OC(CCO)C(F)(F)F)N1CC2C(C1)C2c1ccn(-c2ccc(F)cc2)n1. The minimum Gasteiger partial charge on any atom is -0.436 e. The van der Waals surface area contributed by atoms with Crippen molar-refractivity contribution in [1.29, 1.82) is 0 Å². The van der Waals surface area contributed by atoms with Crippen LogP contribution in [0.4, 0.5) is 22.4 Å². The van der Waals surface area contributed by atoms with Crippen LogP contribution in [0.25, 0.3) is 5.69 Å². The highest BCUT2D eigenvalue weighted by Gasteiger charge is 2.59. The van der Waals surface area contributed by atoms with E-state index in [-0.39, 0.29) is 23.6 Å². The molecule has 4 rings (SSSR count). The van der Waals surface area contributed by atoms with Crippen molar-refractivity contribution in [3.05, 3.63) is 48.0 Å². The molecule has 2 aromatic rings. The number of hydrogen-bond donors (Lipinski definition) is 1. The van der Waals surface area contributed by atoms with Gasteiger partial charge in [0.15, 0.2) is 0 Å². The number of piperidine rings is 1. The van der Waals surface area contributed by atoms with E-state index in [4.69, 9.17) is 5.11 Å². The lowest BCUT2D eigenvalue weighted by Gasteiger charge is -2.24. The molecule has 1 saturated heterocycles. The number of benzene rings is 1. The number of carbonyl (C=O) groups is 1. The van der Waals surface area contributed by atoms with Gasteiger partial charge in [0, 0.05) is 38.2 Å². The first-order chi connectivity index (χ1) is 13.8. The van der Waals surface area contributed by atoms with Crippen molar-refractivity contribution in [2.45, 2.75) is 24.6 Å². The third-order valence-corrected chi connectivity index (χ3v) is 5.49. The molecule has 3 unspecified atom stereocenters. The predicted octanol–water partition coefficient (Wildman–Crippen LogP) is 3.11. The summed E-state index contributed by atoms with van der Waals surface area (Å²) in [5.41, 5.74) is 1.56. The van der Waals surface area contributed by atoms with Gasteiger partial charge in [0.1, 0.15) is 5.82 Å². The first-order valence-electron chi connectivity index (χ1n) is 9.22. The monoisotopic (exact) mass is 413 g/mol. The molecular formula is C19H19F4N3O3. The third-order valence-electron chi connectivity index (χ3n) is 5.49. The van der Waals surface area contributed by atoms with Gasteiger partial charge >= 0.3 is 12.3 Å². The number of aliphatic hydroxyl groups excluding tert-OH is 1. The first-order valence-corrected chi connectivity index (χ1v) is 9.22. The van der Waals surface area contributed by atoms with E-state index in [0.29, 0.717) is 13.1 Å². The Kier molecular flexibility index (Phi) is 4.97. The Bertz CT molecular complexity index is 872. The Balaban J connectivity index is 1.34. The van der Waals surface area contributed by atoms with E-state index < -0.39 is 31.4 Å². The molecule has 6 nitrogen and oxygen atoms in total. The number of fused-ring (bicyclic) bond motifs is 1. The molecule has 1 aliphatic carbocycles. The summed E-state index contributed by atoms with van der Waals surface area (Å²) in [6, 6.07) is 7.77. The first kappa shape index (κ1) is 19.7. The summed E-state index contributed by atoms with van der Waals surface area (Å²) in [7, 11) is 0. The van der Waals surface area contributed by atoms with Crippen LogP contribution in [0.15, 0.2) is 36.5 Å². The summed E-state index contributed by atoms with van der Waals surface area (Å²) in [4.78, 5) is 13.4. The maximum Gasteiger partial charge on any atom is 0.425 e. The molecule has 3 atom stereocenters. The standard InChI is InChI=1S/C19H19F4N3O3/c20-11-1-3-12(4-2-11)26-7-5-15(24-26)17-13-9-25(10-14(13)17)18(28)29-16(6-8-27)19(21,22)23/h1-5,7,13-14,16-17,27H,6,8-10H2. The lowest BCUT2D eigenvalue weighted by atomic mass is 10.2. The largest absolute Gasteiger partial charge is 0.436 e. The summed E-state index contributed by atoms with van der Waals surface area (Å²) in [6.45, 7) is -0.107. The van der Waals surface area contributed by atoms with E-state index in [1.165, 1.54) is 17.0 Å². The lowest BCUT2D eigenvalue weighted by molar-refractivity contribution is -0.209. The zero-order valence-corrected chi connectivity index (χ0v) is 15.2. The molecular weight excluding hydrogens is 394 g/mol. The molecule has 1 aromatic heterocycles. The van der Waals surface area contributed by atoms with Crippen LogP contribution in [0.5, 0.6) is 0 Å². The van der Waals surface area contributed by atoms with Crippen LogP contribution in [-0.4, -0.2) is 57.9 Å². The summed E-state index contributed by atoms with van der Waals surface area (Å²) in [5, 5.41) is 13.3. The molecule has 0 bridgehead atoms. The summed E-state index contributed by atoms with van der Waals surface area (Å²) in [5.74, 6) is 0.0516. The quantitative estimate of drug-likeness (QED) is 0.765. The molecule has 1 N–H and O–H groups in total. The fourth-order valence-electron chi connectivity index (χ4n) is 3.97. The van der Waals surface area contributed by atoms with Crippen LogP contribution < -0.4 is 0 Å². The highest BCUT2D eigenvalue weighted by molar-refractivity contribution is 5.69. The molecule has 0 spiro atoms. The average Bonchev–Trinajstić information content (AvgIpc) is 3.04. The van der Waals surface area contributed by atoms with Gasteiger partial charge in [-0.05, 0) is 42.2 Å². The molecule has 1 aromatic carbocycles. The Hall–Kier alpha value is -2.62. The zero-order chi connectivity index (χ0) is 20.8. The Morgan fingerprint density at radius 3 is 2.45 bits per heavy atom. The van der Waals surface area contributed by atoms with E-state index >= 15 is 0 Å². The molecule has 1 amide bonds. The van der Waals surface area contributed by atoms with Crippen molar-refractivity contribution in [2.75, 3.05) is 19.7 Å². The van der Waals surface area contributed by atoms with Gasteiger partial charge in [-0.2, -0.15) is 18.3 Å². The number of rotatable bonds is 5. The highest BCUT2D eigenvalue weighted by Crippen LogP contribution is 2.57. The smallest absolute Gasteiger partial charge is 0.425 e. The number of carbonyl (C=O) groups excluding carboxylic acids is 1. The number of likely N-dealkylation sites (tertiary alicyclic amines) is 1. The number of aromatic nitrogens is 2. The van der Waals surface area contributed by atoms with Gasteiger partial charge in [-0.25, -0.2) is 13.9 Å². The fraction of sp³-hybridized carbons (Fsp3) is 0.474. The van der Waals surface area contributed by atoms with E-state index in [0.717, 1.165) is 11.4 Å². The van der Waals surface area contributed by atoms with Gasteiger partial charge < -0.3 is 14.7 Å². The molecule has 1 saturated carbocycles. The van der Waals surface area contributed by atoms with Crippen LogP contribution in [0.1, 0.15) is 18.0 Å². The average molecular weight is 413 g/mol. The number of halogens is 4. The maximum atomic E-state index is 13.0. The molecule has 156 valence electrons. The van der Waals surface area contributed by atoms with E-state index in [9.17, 15) is 22.4 Å². The van der Waals surface area contributed by atoms with Crippen molar-refractivity contribution in [1.82, 2.24) is 14.7 Å². The van der Waals surface area contributed by atoms with Crippen molar-refractivity contribution in [3.63, 3.8) is 0 Å². The Morgan fingerprint density at radius 1 is 1.21 bits per heavy atom. The highest BCUT2D eigenvalue weighted by atomic mass is 19.4. The number of nitrogens with zero attached hydrogens (tertiary/aromatic N) is 3. The van der Waals surface area contributed by atoms with Crippen LogP contribution in [0.2, 0.25) is 0 Å². The molecule has 10 heteroatoms. The summed E-state index contributed by atoms with van der Waals surface area (Å²) < 4.78 is 57.8. The molecule has 2 fully saturated rings. The topological polar surface area (TPSA) is 67.6 Å². The number of aliphatic hydroxyl groups is 1. The zero-order valence-electron chi connectivity index (χ0n) is 15.2. The van der Waals surface area contributed by atoms with Gasteiger partial charge in [-0.15, -0.1) is 0 Å². The second kappa shape index (κ2) is 7.33. The van der Waals surface area contributed by atoms with Gasteiger partial charge in [0.25, 0.3) is 0 Å². The number of ether oxygens (including phenoxy) is 1. The number of amides is 1. The van der Waals surface area contributed by atoms with Gasteiger partial charge in [-0.3, -0.25) is 0 Å². The number of hydrogen-bond acceptors (Lipinski definition) is 4.